The maximum absolute atomic E-state index is 12.8. The van der Waals surface area contributed by atoms with E-state index in [-0.39, 0.29) is 11.3 Å². The number of para-hydroxylation sites is 1. The molecule has 1 saturated carbocycles. The van der Waals surface area contributed by atoms with Crippen LogP contribution in [0.3, 0.4) is 0 Å². The Balaban J connectivity index is 1.57. The lowest BCUT2D eigenvalue weighted by molar-refractivity contribution is -0.132. The van der Waals surface area contributed by atoms with Crippen LogP contribution in [-0.4, -0.2) is 35.7 Å². The maximum Gasteiger partial charge on any atom is 0.346 e. The monoisotopic (exact) mass is 366 g/mol. The normalized spacial score (nSPS) is 24.9. The first-order chi connectivity index (χ1) is 12.9. The van der Waals surface area contributed by atoms with E-state index in [1.807, 2.05) is 25.3 Å². The number of urea groups is 1. The first-order valence-corrected chi connectivity index (χ1v) is 9.61. The molecule has 0 aromatic heterocycles. The van der Waals surface area contributed by atoms with E-state index in [0.29, 0.717) is 12.8 Å². The number of nitrogens with one attached hydrogen (secondary N) is 1. The van der Waals surface area contributed by atoms with Gasteiger partial charge in [0.2, 0.25) is 0 Å². The summed E-state index contributed by atoms with van der Waals surface area (Å²) < 4.78 is 0. The molecule has 0 unspecified atom stereocenters. The number of hydrogen-bond donors (Lipinski definition) is 1. The number of allylic oxidation sites excluding steroid dienone is 2. The molecule has 1 aromatic rings. The Labute approximate surface area is 159 Å². The van der Waals surface area contributed by atoms with Crippen LogP contribution in [0.2, 0.25) is 0 Å². The van der Waals surface area contributed by atoms with E-state index < -0.39 is 11.6 Å². The maximum atomic E-state index is 12.8. The summed E-state index contributed by atoms with van der Waals surface area (Å²) in [5, 5.41) is 8.08. The Morgan fingerprint density at radius 2 is 1.81 bits per heavy atom. The fraction of sp³-hybridized carbons (Fsp3) is 0.476. The second-order valence-electron chi connectivity index (χ2n) is 8.21. The molecule has 27 heavy (non-hydrogen) atoms. The summed E-state index contributed by atoms with van der Waals surface area (Å²) in [6.07, 6.45) is 7.91. The van der Waals surface area contributed by atoms with Gasteiger partial charge in [-0.15, -0.1) is 5.01 Å². The smallest absolute Gasteiger partial charge is 0.346 e. The topological polar surface area (TPSA) is 65.0 Å². The van der Waals surface area contributed by atoms with Crippen molar-refractivity contribution in [3.8, 4) is 0 Å². The molecule has 2 heterocycles. The van der Waals surface area contributed by atoms with E-state index in [2.05, 4.69) is 41.3 Å². The van der Waals surface area contributed by atoms with Gasteiger partial charge in [-0.3, -0.25) is 4.79 Å². The van der Waals surface area contributed by atoms with E-state index in [1.54, 1.807) is 6.21 Å². The second kappa shape index (κ2) is 6.22. The first kappa shape index (κ1) is 17.8. The number of anilines is 1. The molecule has 1 N–H and O–H groups in total. The Bertz CT molecular complexity index is 849. The van der Waals surface area contributed by atoms with Crippen molar-refractivity contribution in [2.75, 3.05) is 11.9 Å². The lowest BCUT2D eigenvalue weighted by atomic mass is 9.82. The van der Waals surface area contributed by atoms with E-state index in [9.17, 15) is 9.59 Å². The zero-order valence-corrected chi connectivity index (χ0v) is 16.2. The molecule has 3 aliphatic rings. The van der Waals surface area contributed by atoms with Crippen LogP contribution in [0.1, 0.15) is 51.5 Å². The summed E-state index contributed by atoms with van der Waals surface area (Å²) in [7, 11) is 2.03. The van der Waals surface area contributed by atoms with Crippen molar-refractivity contribution in [1.29, 1.82) is 0 Å². The number of amides is 3. The molecule has 6 nitrogen and oxygen atoms in total. The molecule has 4 rings (SSSR count). The zero-order chi connectivity index (χ0) is 19.2. The van der Waals surface area contributed by atoms with Gasteiger partial charge < -0.3 is 10.2 Å². The van der Waals surface area contributed by atoms with Gasteiger partial charge in [0.25, 0.3) is 5.91 Å². The summed E-state index contributed by atoms with van der Waals surface area (Å²) in [5.74, 6) is -0.218. The Hall–Kier alpha value is -2.63. The van der Waals surface area contributed by atoms with Gasteiger partial charge in [0.05, 0.1) is 0 Å². The quantitative estimate of drug-likeness (QED) is 0.643. The van der Waals surface area contributed by atoms with Gasteiger partial charge in [0.15, 0.2) is 0 Å². The standard InChI is InChI=1S/C21H26N4O2/c1-20(2)15-9-5-6-10-16(15)24(3)17(20)11-14-22-25-18(26)21(23-19(25)27)12-7-4-8-13-21/h5-6,9-11,14H,4,7-8,12-13H2,1-3H3,(H,23,27). The molecule has 1 spiro atoms. The van der Waals surface area contributed by atoms with Crippen LogP contribution in [-0.2, 0) is 10.2 Å². The minimum atomic E-state index is -0.737. The molecule has 1 saturated heterocycles. The summed E-state index contributed by atoms with van der Waals surface area (Å²) in [4.78, 5) is 27.2. The summed E-state index contributed by atoms with van der Waals surface area (Å²) >= 11 is 0. The third kappa shape index (κ3) is 2.66. The molecule has 1 aromatic carbocycles. The van der Waals surface area contributed by atoms with Crippen LogP contribution in [0.4, 0.5) is 10.5 Å². The SMILES string of the molecule is CN1C(=CC=NN2C(=O)NC3(CCCCC3)C2=O)C(C)(C)c2ccccc21. The van der Waals surface area contributed by atoms with Gasteiger partial charge in [-0.25, -0.2) is 4.79 Å². The molecule has 0 radical (unpaired) electrons. The number of nitrogens with zero attached hydrogens (tertiary/aromatic N) is 3. The first-order valence-electron chi connectivity index (χ1n) is 9.61. The summed E-state index contributed by atoms with van der Waals surface area (Å²) in [6, 6.07) is 7.88. The number of hydrazone groups is 1. The minimum absolute atomic E-state index is 0.167. The van der Waals surface area contributed by atoms with E-state index >= 15 is 0 Å². The van der Waals surface area contributed by atoms with Gasteiger partial charge in [0, 0.05) is 30.1 Å². The molecular weight excluding hydrogens is 340 g/mol. The lowest BCUT2D eigenvalue weighted by Gasteiger charge is -2.29. The molecule has 0 bridgehead atoms. The number of hydrogen-bond acceptors (Lipinski definition) is 4. The zero-order valence-electron chi connectivity index (χ0n) is 16.2. The van der Waals surface area contributed by atoms with E-state index in [4.69, 9.17) is 0 Å². The molecule has 3 amide bonds. The number of likely N-dealkylation sites (N-methyl/N-ethyl adjacent to an activating group) is 1. The average molecular weight is 366 g/mol. The largest absolute Gasteiger partial charge is 0.347 e. The van der Waals surface area contributed by atoms with Crippen molar-refractivity contribution >= 4 is 23.8 Å². The number of carbonyl (C=O) groups is 2. The minimum Gasteiger partial charge on any atom is -0.347 e. The summed E-state index contributed by atoms with van der Waals surface area (Å²) in [6.45, 7) is 4.33. The molecule has 142 valence electrons. The van der Waals surface area contributed by atoms with Crippen LogP contribution in [0.15, 0.2) is 41.1 Å². The highest BCUT2D eigenvalue weighted by atomic mass is 16.2. The fourth-order valence-corrected chi connectivity index (χ4v) is 4.68. The Morgan fingerprint density at radius 3 is 2.52 bits per heavy atom. The number of benzene rings is 1. The second-order valence-corrected chi connectivity index (χ2v) is 8.21. The average Bonchev–Trinajstić information content (AvgIpc) is 2.99. The Morgan fingerprint density at radius 1 is 1.11 bits per heavy atom. The van der Waals surface area contributed by atoms with Gasteiger partial charge >= 0.3 is 6.03 Å². The molecular formula is C21H26N4O2. The number of fused-ring (bicyclic) bond motifs is 1. The molecule has 6 heteroatoms. The number of carbonyl (C=O) groups excluding carboxylic acids is 2. The highest BCUT2D eigenvalue weighted by molar-refractivity contribution is 6.07. The van der Waals surface area contributed by atoms with Crippen molar-refractivity contribution in [1.82, 2.24) is 10.3 Å². The number of rotatable bonds is 2. The number of imide groups is 1. The van der Waals surface area contributed by atoms with Crippen molar-refractivity contribution in [3.05, 3.63) is 41.6 Å². The fourth-order valence-electron chi connectivity index (χ4n) is 4.68. The predicted octanol–water partition coefficient (Wildman–Crippen LogP) is 3.54. The van der Waals surface area contributed by atoms with E-state index in [1.165, 1.54) is 11.3 Å². The van der Waals surface area contributed by atoms with E-state index in [0.717, 1.165) is 30.0 Å². The molecule has 1 aliphatic carbocycles. The van der Waals surface area contributed by atoms with Crippen molar-refractivity contribution < 1.29 is 9.59 Å². The third-order valence-electron chi connectivity index (χ3n) is 6.20. The highest BCUT2D eigenvalue weighted by Gasteiger charge is 2.51. The van der Waals surface area contributed by atoms with Crippen molar-refractivity contribution in [2.24, 2.45) is 5.10 Å². The third-order valence-corrected chi connectivity index (χ3v) is 6.20. The van der Waals surface area contributed by atoms with Crippen molar-refractivity contribution in [2.45, 2.75) is 56.9 Å². The Kier molecular flexibility index (Phi) is 4.09. The van der Waals surface area contributed by atoms with Crippen LogP contribution in [0, 0.1) is 0 Å². The lowest BCUT2D eigenvalue weighted by Crippen LogP contribution is -2.48. The molecule has 2 fully saturated rings. The molecule has 0 atom stereocenters. The van der Waals surface area contributed by atoms with Crippen LogP contribution in [0.25, 0.3) is 0 Å². The predicted molar refractivity (Wildman–Crippen MR) is 106 cm³/mol. The van der Waals surface area contributed by atoms with Gasteiger partial charge in [-0.2, -0.15) is 5.10 Å². The van der Waals surface area contributed by atoms with Crippen LogP contribution in [0.5, 0.6) is 0 Å². The van der Waals surface area contributed by atoms with Crippen molar-refractivity contribution in [3.63, 3.8) is 0 Å². The summed E-state index contributed by atoms with van der Waals surface area (Å²) in [5.41, 5.74) is 2.59. The van der Waals surface area contributed by atoms with Gasteiger partial charge in [-0.05, 0) is 30.5 Å². The van der Waals surface area contributed by atoms with Crippen LogP contribution >= 0.6 is 0 Å². The highest BCUT2D eigenvalue weighted by Crippen LogP contribution is 2.46. The molecule has 2 aliphatic heterocycles. The van der Waals surface area contributed by atoms with Crippen LogP contribution < -0.4 is 10.2 Å². The van der Waals surface area contributed by atoms with Gasteiger partial charge in [0.1, 0.15) is 5.54 Å². The van der Waals surface area contributed by atoms with Gasteiger partial charge in [-0.1, -0.05) is 51.3 Å².